The van der Waals surface area contributed by atoms with Crippen LogP contribution in [0, 0.1) is 11.8 Å². The Morgan fingerprint density at radius 2 is 2.47 bits per heavy atom. The molecular weight excluding hydrogens is 218 g/mol. The Bertz CT molecular complexity index is 385. The average Bonchev–Trinajstić information content (AvgIpc) is 3.07. The average molecular weight is 237 g/mol. The van der Waals surface area contributed by atoms with Crippen LogP contribution in [0.1, 0.15) is 30.3 Å². The number of aromatic nitrogens is 3. The second-order valence-electron chi connectivity index (χ2n) is 4.68. The quantitative estimate of drug-likeness (QED) is 0.730. The van der Waals surface area contributed by atoms with Crippen LogP contribution in [-0.4, -0.2) is 34.0 Å². The normalized spacial score (nSPS) is 16.8. The molecule has 6 heteroatoms. The summed E-state index contributed by atoms with van der Waals surface area (Å²) in [5, 5.41) is 10.5. The number of rotatable bonds is 6. The van der Waals surface area contributed by atoms with E-state index in [1.165, 1.54) is 12.8 Å². The van der Waals surface area contributed by atoms with Crippen LogP contribution in [0.15, 0.2) is 6.20 Å². The third-order valence-corrected chi connectivity index (χ3v) is 3.14. The van der Waals surface area contributed by atoms with Gasteiger partial charge < -0.3 is 11.1 Å². The van der Waals surface area contributed by atoms with Crippen LogP contribution in [0.25, 0.3) is 0 Å². The SMILES string of the molecule is CC(CNC(=O)c1cn(CCN)nn1)C1CC1. The van der Waals surface area contributed by atoms with Crippen molar-refractivity contribution in [1.82, 2.24) is 20.3 Å². The van der Waals surface area contributed by atoms with Crippen LogP contribution in [0.4, 0.5) is 0 Å². The number of nitrogens with two attached hydrogens (primary N) is 1. The Morgan fingerprint density at radius 1 is 1.71 bits per heavy atom. The number of amides is 1. The molecule has 0 bridgehead atoms. The molecule has 2 rings (SSSR count). The minimum Gasteiger partial charge on any atom is -0.350 e. The van der Waals surface area contributed by atoms with Gasteiger partial charge in [-0.1, -0.05) is 12.1 Å². The van der Waals surface area contributed by atoms with Gasteiger partial charge in [0.1, 0.15) is 0 Å². The van der Waals surface area contributed by atoms with Gasteiger partial charge in [0.25, 0.3) is 5.91 Å². The van der Waals surface area contributed by atoms with Crippen LogP contribution in [-0.2, 0) is 6.54 Å². The number of hydrogen-bond donors (Lipinski definition) is 2. The summed E-state index contributed by atoms with van der Waals surface area (Å²) < 4.78 is 1.58. The van der Waals surface area contributed by atoms with E-state index in [1.807, 2.05) is 0 Å². The standard InChI is InChI=1S/C11H19N5O/c1-8(9-2-3-9)6-13-11(17)10-7-16(5-4-12)15-14-10/h7-9H,2-6,12H2,1H3,(H,13,17). The Balaban J connectivity index is 1.81. The monoisotopic (exact) mass is 237 g/mol. The van der Waals surface area contributed by atoms with Crippen molar-refractivity contribution >= 4 is 5.91 Å². The molecule has 6 nitrogen and oxygen atoms in total. The van der Waals surface area contributed by atoms with Gasteiger partial charge in [-0.15, -0.1) is 5.10 Å². The van der Waals surface area contributed by atoms with E-state index >= 15 is 0 Å². The molecule has 1 aliphatic carbocycles. The van der Waals surface area contributed by atoms with Gasteiger partial charge in [-0.3, -0.25) is 9.48 Å². The molecule has 3 N–H and O–H groups in total. The van der Waals surface area contributed by atoms with Gasteiger partial charge in [0, 0.05) is 13.1 Å². The molecule has 1 heterocycles. The lowest BCUT2D eigenvalue weighted by atomic mass is 10.1. The zero-order chi connectivity index (χ0) is 12.3. The van der Waals surface area contributed by atoms with E-state index in [9.17, 15) is 4.79 Å². The maximum Gasteiger partial charge on any atom is 0.273 e. The van der Waals surface area contributed by atoms with E-state index in [1.54, 1.807) is 10.9 Å². The first kappa shape index (κ1) is 12.0. The van der Waals surface area contributed by atoms with E-state index in [0.717, 1.165) is 5.92 Å². The van der Waals surface area contributed by atoms with Crippen LogP contribution >= 0.6 is 0 Å². The second-order valence-corrected chi connectivity index (χ2v) is 4.68. The lowest BCUT2D eigenvalue weighted by Crippen LogP contribution is -2.29. The van der Waals surface area contributed by atoms with Gasteiger partial charge >= 0.3 is 0 Å². The van der Waals surface area contributed by atoms with Crippen molar-refractivity contribution in [2.75, 3.05) is 13.1 Å². The third-order valence-electron chi connectivity index (χ3n) is 3.14. The Kier molecular flexibility index (Phi) is 3.73. The highest BCUT2D eigenvalue weighted by atomic mass is 16.2. The van der Waals surface area contributed by atoms with E-state index in [-0.39, 0.29) is 5.91 Å². The van der Waals surface area contributed by atoms with E-state index < -0.39 is 0 Å². The molecule has 94 valence electrons. The van der Waals surface area contributed by atoms with Crippen LogP contribution in [0.3, 0.4) is 0 Å². The highest BCUT2D eigenvalue weighted by Crippen LogP contribution is 2.36. The molecule has 0 saturated heterocycles. The summed E-state index contributed by atoms with van der Waals surface area (Å²) in [4.78, 5) is 11.8. The van der Waals surface area contributed by atoms with Crippen molar-refractivity contribution in [2.24, 2.45) is 17.6 Å². The zero-order valence-corrected chi connectivity index (χ0v) is 10.1. The maximum atomic E-state index is 11.8. The Labute approximate surface area is 101 Å². The van der Waals surface area contributed by atoms with Crippen molar-refractivity contribution in [2.45, 2.75) is 26.3 Å². The lowest BCUT2D eigenvalue weighted by molar-refractivity contribution is 0.0941. The molecular formula is C11H19N5O. The van der Waals surface area contributed by atoms with Gasteiger partial charge in [-0.2, -0.15) is 0 Å². The summed E-state index contributed by atoms with van der Waals surface area (Å²) in [5.74, 6) is 1.20. The highest BCUT2D eigenvalue weighted by molar-refractivity contribution is 5.91. The van der Waals surface area contributed by atoms with Crippen LogP contribution in [0.2, 0.25) is 0 Å². The third kappa shape index (κ3) is 3.26. The molecule has 0 aliphatic heterocycles. The molecule has 1 unspecified atom stereocenters. The van der Waals surface area contributed by atoms with Gasteiger partial charge in [-0.25, -0.2) is 0 Å². The predicted octanol–water partition coefficient (Wildman–Crippen LogP) is 0.0127. The summed E-state index contributed by atoms with van der Waals surface area (Å²) in [6.07, 6.45) is 4.22. The largest absolute Gasteiger partial charge is 0.350 e. The van der Waals surface area contributed by atoms with Crippen molar-refractivity contribution in [3.63, 3.8) is 0 Å². The van der Waals surface area contributed by atoms with Crippen molar-refractivity contribution < 1.29 is 4.79 Å². The number of hydrogen-bond acceptors (Lipinski definition) is 4. The van der Waals surface area contributed by atoms with Crippen molar-refractivity contribution in [3.05, 3.63) is 11.9 Å². The zero-order valence-electron chi connectivity index (χ0n) is 10.1. The number of carbonyl (C=O) groups is 1. The summed E-state index contributed by atoms with van der Waals surface area (Å²) in [6, 6.07) is 0. The molecule has 1 saturated carbocycles. The summed E-state index contributed by atoms with van der Waals surface area (Å²) >= 11 is 0. The topological polar surface area (TPSA) is 85.8 Å². The van der Waals surface area contributed by atoms with Gasteiger partial charge in [-0.05, 0) is 24.7 Å². The molecule has 1 aromatic heterocycles. The molecule has 1 aliphatic rings. The number of nitrogens with zero attached hydrogens (tertiary/aromatic N) is 3. The summed E-state index contributed by atoms with van der Waals surface area (Å²) in [5.41, 5.74) is 5.76. The fourth-order valence-electron chi connectivity index (χ4n) is 1.82. The lowest BCUT2D eigenvalue weighted by Gasteiger charge is -2.09. The van der Waals surface area contributed by atoms with Gasteiger partial charge in [0.2, 0.25) is 0 Å². The summed E-state index contributed by atoms with van der Waals surface area (Å²) in [7, 11) is 0. The first-order chi connectivity index (χ1) is 8.20. The number of nitrogens with one attached hydrogen (secondary N) is 1. The molecule has 1 aromatic rings. The van der Waals surface area contributed by atoms with Gasteiger partial charge in [0.05, 0.1) is 12.7 Å². The van der Waals surface area contributed by atoms with Gasteiger partial charge in [0.15, 0.2) is 5.69 Å². The molecule has 1 fully saturated rings. The predicted molar refractivity (Wildman–Crippen MR) is 63.3 cm³/mol. The first-order valence-corrected chi connectivity index (χ1v) is 6.09. The molecule has 0 spiro atoms. The Morgan fingerprint density at radius 3 is 3.12 bits per heavy atom. The molecule has 1 amide bonds. The van der Waals surface area contributed by atoms with E-state index in [2.05, 4.69) is 22.6 Å². The molecule has 0 radical (unpaired) electrons. The Hall–Kier alpha value is -1.43. The fourth-order valence-corrected chi connectivity index (χ4v) is 1.82. The van der Waals surface area contributed by atoms with Crippen molar-refractivity contribution in [1.29, 1.82) is 0 Å². The maximum absolute atomic E-state index is 11.8. The minimum atomic E-state index is -0.152. The smallest absolute Gasteiger partial charge is 0.273 e. The van der Waals surface area contributed by atoms with E-state index in [4.69, 9.17) is 5.73 Å². The highest BCUT2D eigenvalue weighted by Gasteiger charge is 2.28. The number of carbonyl (C=O) groups excluding carboxylic acids is 1. The molecule has 0 aromatic carbocycles. The fraction of sp³-hybridized carbons (Fsp3) is 0.727. The summed E-state index contributed by atoms with van der Waals surface area (Å²) in [6.45, 7) is 3.96. The first-order valence-electron chi connectivity index (χ1n) is 6.09. The van der Waals surface area contributed by atoms with Crippen LogP contribution in [0.5, 0.6) is 0 Å². The van der Waals surface area contributed by atoms with Crippen molar-refractivity contribution in [3.8, 4) is 0 Å². The molecule has 17 heavy (non-hydrogen) atoms. The second kappa shape index (κ2) is 5.27. The van der Waals surface area contributed by atoms with E-state index in [0.29, 0.717) is 31.2 Å². The minimum absolute atomic E-state index is 0.152. The van der Waals surface area contributed by atoms with Crippen LogP contribution < -0.4 is 11.1 Å². The molecule has 1 atom stereocenters.